The first kappa shape index (κ1) is 14.9. The quantitative estimate of drug-likeness (QED) is 0.762. The van der Waals surface area contributed by atoms with E-state index in [0.29, 0.717) is 27.6 Å². The number of hydrogen-bond acceptors (Lipinski definition) is 3. The van der Waals surface area contributed by atoms with Gasteiger partial charge in [-0.25, -0.2) is 0 Å². The van der Waals surface area contributed by atoms with E-state index in [1.807, 2.05) is 0 Å². The van der Waals surface area contributed by atoms with E-state index in [1.54, 1.807) is 42.5 Å². The monoisotopic (exact) mass is 303 g/mol. The molecular weight excluding hydrogens is 290 g/mol. The Morgan fingerprint density at radius 2 is 1.76 bits per heavy atom. The molecule has 0 atom stereocenters. The van der Waals surface area contributed by atoms with E-state index in [9.17, 15) is 9.59 Å². The van der Waals surface area contributed by atoms with E-state index >= 15 is 0 Å². The Balaban J connectivity index is 2.16. The third-order valence-electron chi connectivity index (χ3n) is 2.70. The highest BCUT2D eigenvalue weighted by Gasteiger charge is 2.08. The zero-order chi connectivity index (χ0) is 15.4. The van der Waals surface area contributed by atoms with Crippen LogP contribution in [0.2, 0.25) is 5.02 Å². The van der Waals surface area contributed by atoms with Gasteiger partial charge in [0.2, 0.25) is 5.91 Å². The van der Waals surface area contributed by atoms with Gasteiger partial charge in [0, 0.05) is 23.9 Å². The average Bonchev–Trinajstić information content (AvgIpc) is 2.42. The van der Waals surface area contributed by atoms with Crippen LogP contribution in [0.3, 0.4) is 0 Å². The van der Waals surface area contributed by atoms with Crippen molar-refractivity contribution in [1.82, 2.24) is 0 Å². The molecule has 2 aromatic rings. The molecule has 0 saturated heterocycles. The second-order valence-electron chi connectivity index (χ2n) is 4.45. The lowest BCUT2D eigenvalue weighted by atomic mass is 10.1. The van der Waals surface area contributed by atoms with Gasteiger partial charge in [-0.15, -0.1) is 0 Å². The molecule has 0 radical (unpaired) electrons. The lowest BCUT2D eigenvalue weighted by Gasteiger charge is -2.08. The molecule has 2 aromatic carbocycles. The van der Waals surface area contributed by atoms with Gasteiger partial charge in [0.25, 0.3) is 5.91 Å². The first-order chi connectivity index (χ1) is 9.95. The number of carbonyl (C=O) groups excluding carboxylic acids is 2. The van der Waals surface area contributed by atoms with E-state index in [0.717, 1.165) is 0 Å². The fourth-order valence-corrected chi connectivity index (χ4v) is 1.88. The smallest absolute Gasteiger partial charge is 0.255 e. The number of halogens is 1. The molecule has 0 unspecified atom stereocenters. The summed E-state index contributed by atoms with van der Waals surface area (Å²) in [4.78, 5) is 23.2. The summed E-state index contributed by atoms with van der Waals surface area (Å²) in [5, 5.41) is 5.77. The molecule has 21 heavy (non-hydrogen) atoms. The summed E-state index contributed by atoms with van der Waals surface area (Å²) in [6, 6.07) is 11.5. The highest BCUT2D eigenvalue weighted by Crippen LogP contribution is 2.23. The second-order valence-corrected chi connectivity index (χ2v) is 4.86. The SMILES string of the molecule is CC(=O)Nc1cccc(C(=O)Nc2ccc(Cl)c(N)c2)c1. The minimum Gasteiger partial charge on any atom is -0.397 e. The van der Waals surface area contributed by atoms with Crippen molar-refractivity contribution in [2.75, 3.05) is 16.4 Å². The van der Waals surface area contributed by atoms with Crippen LogP contribution >= 0.6 is 11.6 Å². The van der Waals surface area contributed by atoms with Gasteiger partial charge in [0.1, 0.15) is 0 Å². The fraction of sp³-hybridized carbons (Fsp3) is 0.0667. The van der Waals surface area contributed by atoms with Crippen molar-refractivity contribution in [3.63, 3.8) is 0 Å². The van der Waals surface area contributed by atoms with Crippen molar-refractivity contribution >= 4 is 40.5 Å². The number of carbonyl (C=O) groups is 2. The van der Waals surface area contributed by atoms with Crippen molar-refractivity contribution in [2.24, 2.45) is 0 Å². The van der Waals surface area contributed by atoms with Crippen LogP contribution in [0.15, 0.2) is 42.5 Å². The number of nitrogens with two attached hydrogens (primary N) is 1. The highest BCUT2D eigenvalue weighted by atomic mass is 35.5. The molecule has 0 saturated carbocycles. The molecule has 5 nitrogen and oxygen atoms in total. The topological polar surface area (TPSA) is 84.2 Å². The Kier molecular flexibility index (Phi) is 4.45. The first-order valence-electron chi connectivity index (χ1n) is 6.20. The molecule has 4 N–H and O–H groups in total. The van der Waals surface area contributed by atoms with Crippen LogP contribution in [-0.4, -0.2) is 11.8 Å². The van der Waals surface area contributed by atoms with Gasteiger partial charge in [-0.3, -0.25) is 9.59 Å². The molecule has 2 amide bonds. The third-order valence-corrected chi connectivity index (χ3v) is 3.04. The molecule has 0 aromatic heterocycles. The van der Waals surface area contributed by atoms with E-state index < -0.39 is 0 Å². The third kappa shape index (κ3) is 3.97. The van der Waals surface area contributed by atoms with Crippen molar-refractivity contribution < 1.29 is 9.59 Å². The van der Waals surface area contributed by atoms with E-state index in [-0.39, 0.29) is 11.8 Å². The van der Waals surface area contributed by atoms with Crippen molar-refractivity contribution in [1.29, 1.82) is 0 Å². The lowest BCUT2D eigenvalue weighted by molar-refractivity contribution is -0.114. The summed E-state index contributed by atoms with van der Waals surface area (Å²) in [5.41, 5.74) is 7.61. The standard InChI is InChI=1S/C15H14ClN3O2/c1-9(20)18-11-4-2-3-10(7-11)15(21)19-12-5-6-13(16)14(17)8-12/h2-8H,17H2,1H3,(H,18,20)(H,19,21). The summed E-state index contributed by atoms with van der Waals surface area (Å²) < 4.78 is 0. The maximum atomic E-state index is 12.2. The van der Waals surface area contributed by atoms with Gasteiger partial charge in [0.15, 0.2) is 0 Å². The first-order valence-corrected chi connectivity index (χ1v) is 6.57. The molecule has 0 heterocycles. The predicted molar refractivity (Wildman–Crippen MR) is 84.6 cm³/mol. The molecule has 108 valence electrons. The lowest BCUT2D eigenvalue weighted by Crippen LogP contribution is -2.13. The molecular formula is C15H14ClN3O2. The maximum Gasteiger partial charge on any atom is 0.255 e. The van der Waals surface area contributed by atoms with Gasteiger partial charge in [-0.2, -0.15) is 0 Å². The number of rotatable bonds is 3. The average molecular weight is 304 g/mol. The number of nitrogens with one attached hydrogen (secondary N) is 2. The number of nitrogen functional groups attached to an aromatic ring is 1. The van der Waals surface area contributed by atoms with Crippen LogP contribution in [0.5, 0.6) is 0 Å². The van der Waals surface area contributed by atoms with Gasteiger partial charge >= 0.3 is 0 Å². The highest BCUT2D eigenvalue weighted by molar-refractivity contribution is 6.33. The number of benzene rings is 2. The number of anilines is 3. The molecule has 2 rings (SSSR count). The number of hydrogen-bond donors (Lipinski definition) is 3. The summed E-state index contributed by atoms with van der Waals surface area (Å²) >= 11 is 5.83. The zero-order valence-corrected chi connectivity index (χ0v) is 12.1. The van der Waals surface area contributed by atoms with Crippen molar-refractivity contribution in [3.05, 3.63) is 53.1 Å². The Morgan fingerprint density at radius 1 is 1.05 bits per heavy atom. The van der Waals surface area contributed by atoms with E-state index in [2.05, 4.69) is 10.6 Å². The van der Waals surface area contributed by atoms with Crippen LogP contribution in [0.4, 0.5) is 17.1 Å². The van der Waals surface area contributed by atoms with Crippen LogP contribution < -0.4 is 16.4 Å². The zero-order valence-electron chi connectivity index (χ0n) is 11.3. The van der Waals surface area contributed by atoms with E-state index in [4.69, 9.17) is 17.3 Å². The number of amides is 2. The molecule has 0 bridgehead atoms. The van der Waals surface area contributed by atoms with Crippen LogP contribution in [0, 0.1) is 0 Å². The molecule has 0 aliphatic carbocycles. The summed E-state index contributed by atoms with van der Waals surface area (Å²) in [6.45, 7) is 1.41. The Hall–Kier alpha value is -2.53. The van der Waals surface area contributed by atoms with Crippen LogP contribution in [0.1, 0.15) is 17.3 Å². The minimum atomic E-state index is -0.302. The van der Waals surface area contributed by atoms with Gasteiger partial charge in [-0.1, -0.05) is 17.7 Å². The second kappa shape index (κ2) is 6.28. The summed E-state index contributed by atoms with van der Waals surface area (Å²) in [5.74, 6) is -0.498. The van der Waals surface area contributed by atoms with E-state index in [1.165, 1.54) is 6.92 Å². The van der Waals surface area contributed by atoms with Crippen molar-refractivity contribution in [2.45, 2.75) is 6.92 Å². The van der Waals surface area contributed by atoms with Crippen LogP contribution in [0.25, 0.3) is 0 Å². The maximum absolute atomic E-state index is 12.2. The summed E-state index contributed by atoms with van der Waals surface area (Å²) in [6.07, 6.45) is 0. The predicted octanol–water partition coefficient (Wildman–Crippen LogP) is 3.13. The molecule has 0 aliphatic heterocycles. The normalized spacial score (nSPS) is 10.0. The largest absolute Gasteiger partial charge is 0.397 e. The fourth-order valence-electron chi connectivity index (χ4n) is 1.77. The molecule has 0 fully saturated rings. The molecule has 0 aliphatic rings. The Bertz CT molecular complexity index is 701. The van der Waals surface area contributed by atoms with Gasteiger partial charge in [0.05, 0.1) is 10.7 Å². The summed E-state index contributed by atoms with van der Waals surface area (Å²) in [7, 11) is 0. The molecule has 6 heteroatoms. The Morgan fingerprint density at radius 3 is 2.43 bits per heavy atom. The van der Waals surface area contributed by atoms with Gasteiger partial charge in [-0.05, 0) is 36.4 Å². The Labute approximate surface area is 127 Å². The molecule has 0 spiro atoms. The van der Waals surface area contributed by atoms with Crippen LogP contribution in [-0.2, 0) is 4.79 Å². The van der Waals surface area contributed by atoms with Gasteiger partial charge < -0.3 is 16.4 Å². The minimum absolute atomic E-state index is 0.196. The van der Waals surface area contributed by atoms with Crippen molar-refractivity contribution in [3.8, 4) is 0 Å².